The van der Waals surface area contributed by atoms with Crippen LogP contribution in [0.1, 0.15) is 81.4 Å². The fourth-order valence-electron chi connectivity index (χ4n) is 6.97. The summed E-state index contributed by atoms with van der Waals surface area (Å²) < 4.78 is 6.11. The zero-order valence-electron chi connectivity index (χ0n) is 19.7. The van der Waals surface area contributed by atoms with Gasteiger partial charge in [-0.05, 0) is 78.7 Å². The highest BCUT2D eigenvalue weighted by Gasteiger charge is 2.58. The van der Waals surface area contributed by atoms with Crippen LogP contribution in [0.4, 0.5) is 0 Å². The third-order valence-corrected chi connectivity index (χ3v) is 8.93. The Morgan fingerprint density at radius 3 is 2.72 bits per heavy atom. The molecule has 32 heavy (non-hydrogen) atoms. The molecule has 0 aromatic heterocycles. The van der Waals surface area contributed by atoms with Crippen LogP contribution >= 0.6 is 0 Å². The average molecular weight is 431 g/mol. The number of unbranched alkanes of at least 4 members (excludes halogenated alkanes) is 2. The van der Waals surface area contributed by atoms with E-state index in [0.717, 1.165) is 31.4 Å². The molecule has 0 saturated heterocycles. The molecule has 1 fully saturated rings. The van der Waals surface area contributed by atoms with E-state index >= 15 is 0 Å². The predicted molar refractivity (Wildman–Crippen MR) is 131 cm³/mol. The second kappa shape index (κ2) is 8.71. The lowest BCUT2D eigenvalue weighted by Gasteiger charge is -2.53. The van der Waals surface area contributed by atoms with Gasteiger partial charge in [-0.3, -0.25) is 0 Å². The second-order valence-corrected chi connectivity index (χ2v) is 10.7. The number of aryl methyl sites for hydroxylation is 1. The van der Waals surface area contributed by atoms with Gasteiger partial charge in [0.15, 0.2) is 0 Å². The highest BCUT2D eigenvalue weighted by molar-refractivity contribution is 5.42. The number of hydrogen-bond acceptors (Lipinski definition) is 2. The lowest BCUT2D eigenvalue weighted by Crippen LogP contribution is -2.51. The third-order valence-electron chi connectivity index (χ3n) is 8.93. The Hall–Kier alpha value is -2.06. The highest BCUT2D eigenvalue weighted by Crippen LogP contribution is 2.62. The summed E-state index contributed by atoms with van der Waals surface area (Å²) in [5.74, 6) is 2.74. The SMILES string of the molecule is CCCCC[C@]1(O)C=C[C@H]2[C@@H]3CCc4cc(OCc5ccccc5)ccc4[C@H]3CC[C@@]21C. The maximum Gasteiger partial charge on any atom is 0.120 e. The molecule has 2 aromatic carbocycles. The van der Waals surface area contributed by atoms with E-state index in [1.165, 1.54) is 42.4 Å². The van der Waals surface area contributed by atoms with Crippen molar-refractivity contribution in [2.45, 2.75) is 83.3 Å². The zero-order valence-corrected chi connectivity index (χ0v) is 19.7. The maximum absolute atomic E-state index is 11.6. The topological polar surface area (TPSA) is 29.5 Å². The van der Waals surface area contributed by atoms with Crippen LogP contribution in [-0.2, 0) is 13.0 Å². The van der Waals surface area contributed by atoms with Crippen molar-refractivity contribution >= 4 is 0 Å². The molecule has 0 amide bonds. The summed E-state index contributed by atoms with van der Waals surface area (Å²) >= 11 is 0. The number of fused-ring (bicyclic) bond motifs is 5. The van der Waals surface area contributed by atoms with Crippen LogP contribution in [-0.4, -0.2) is 10.7 Å². The molecule has 0 aliphatic heterocycles. The van der Waals surface area contributed by atoms with Gasteiger partial charge < -0.3 is 9.84 Å². The molecular formula is C30H38O2. The van der Waals surface area contributed by atoms with Crippen LogP contribution in [0.2, 0.25) is 0 Å². The first-order valence-electron chi connectivity index (χ1n) is 12.8. The van der Waals surface area contributed by atoms with Gasteiger partial charge in [-0.15, -0.1) is 0 Å². The molecule has 5 atom stereocenters. The van der Waals surface area contributed by atoms with Crippen LogP contribution in [0.25, 0.3) is 0 Å². The van der Waals surface area contributed by atoms with Gasteiger partial charge >= 0.3 is 0 Å². The van der Waals surface area contributed by atoms with Crippen LogP contribution in [0.5, 0.6) is 5.75 Å². The molecule has 2 heteroatoms. The second-order valence-electron chi connectivity index (χ2n) is 10.7. The summed E-state index contributed by atoms with van der Waals surface area (Å²) in [6, 6.07) is 17.2. The Balaban J connectivity index is 1.31. The van der Waals surface area contributed by atoms with Crippen molar-refractivity contribution in [3.63, 3.8) is 0 Å². The fraction of sp³-hybridized carbons (Fsp3) is 0.533. The Bertz CT molecular complexity index is 964. The first kappa shape index (κ1) is 21.8. The van der Waals surface area contributed by atoms with Gasteiger partial charge in [0.1, 0.15) is 12.4 Å². The molecule has 3 aliphatic carbocycles. The Labute approximate surface area is 193 Å². The maximum atomic E-state index is 11.6. The minimum absolute atomic E-state index is 0.00184. The molecule has 2 aromatic rings. The van der Waals surface area contributed by atoms with Crippen molar-refractivity contribution in [2.75, 3.05) is 0 Å². The number of rotatable bonds is 7. The van der Waals surface area contributed by atoms with E-state index in [1.807, 2.05) is 6.07 Å². The van der Waals surface area contributed by atoms with Crippen molar-refractivity contribution in [1.82, 2.24) is 0 Å². The van der Waals surface area contributed by atoms with Gasteiger partial charge in [0, 0.05) is 5.41 Å². The van der Waals surface area contributed by atoms with E-state index in [2.05, 4.69) is 68.5 Å². The zero-order chi connectivity index (χ0) is 22.2. The van der Waals surface area contributed by atoms with Crippen LogP contribution < -0.4 is 4.74 Å². The minimum Gasteiger partial charge on any atom is -0.489 e. The van der Waals surface area contributed by atoms with Crippen LogP contribution in [0.3, 0.4) is 0 Å². The summed E-state index contributed by atoms with van der Waals surface area (Å²) in [6.07, 6.45) is 13.7. The summed E-state index contributed by atoms with van der Waals surface area (Å²) in [5.41, 5.74) is 3.59. The van der Waals surface area contributed by atoms with Crippen LogP contribution in [0.15, 0.2) is 60.7 Å². The molecule has 0 unspecified atom stereocenters. The van der Waals surface area contributed by atoms with Crippen molar-refractivity contribution < 1.29 is 9.84 Å². The van der Waals surface area contributed by atoms with E-state index < -0.39 is 5.60 Å². The van der Waals surface area contributed by atoms with E-state index in [9.17, 15) is 5.11 Å². The van der Waals surface area contributed by atoms with Gasteiger partial charge in [0.05, 0.1) is 5.60 Å². The Morgan fingerprint density at radius 2 is 1.91 bits per heavy atom. The minimum atomic E-state index is -0.618. The predicted octanol–water partition coefficient (Wildman–Crippen LogP) is 7.21. The lowest BCUT2D eigenvalue weighted by atomic mass is 9.52. The van der Waals surface area contributed by atoms with Gasteiger partial charge in [0.2, 0.25) is 0 Å². The summed E-state index contributed by atoms with van der Waals surface area (Å²) in [5, 5.41) is 11.6. The van der Waals surface area contributed by atoms with Crippen LogP contribution in [0, 0.1) is 17.3 Å². The van der Waals surface area contributed by atoms with Gasteiger partial charge in [-0.25, -0.2) is 0 Å². The molecule has 0 spiro atoms. The largest absolute Gasteiger partial charge is 0.489 e. The number of ether oxygens (including phenoxy) is 1. The summed E-state index contributed by atoms with van der Waals surface area (Å²) in [7, 11) is 0. The van der Waals surface area contributed by atoms with Crippen molar-refractivity contribution in [3.05, 3.63) is 77.4 Å². The molecule has 3 aliphatic rings. The molecule has 2 nitrogen and oxygen atoms in total. The molecule has 0 heterocycles. The van der Waals surface area contributed by atoms with Crippen molar-refractivity contribution in [1.29, 1.82) is 0 Å². The normalized spacial score (nSPS) is 32.8. The van der Waals surface area contributed by atoms with E-state index in [-0.39, 0.29) is 5.41 Å². The molecule has 1 saturated carbocycles. The third kappa shape index (κ3) is 3.71. The van der Waals surface area contributed by atoms with Crippen molar-refractivity contribution in [3.8, 4) is 5.75 Å². The molecule has 1 N–H and O–H groups in total. The Kier molecular flexibility index (Phi) is 5.92. The monoisotopic (exact) mass is 430 g/mol. The summed E-state index contributed by atoms with van der Waals surface area (Å²) in [4.78, 5) is 0. The quantitative estimate of drug-likeness (QED) is 0.371. The smallest absolute Gasteiger partial charge is 0.120 e. The van der Waals surface area contributed by atoms with E-state index in [4.69, 9.17) is 4.74 Å². The fourth-order valence-corrected chi connectivity index (χ4v) is 6.97. The number of aliphatic hydroxyl groups is 1. The molecule has 5 rings (SSSR count). The molecular weight excluding hydrogens is 392 g/mol. The van der Waals surface area contributed by atoms with Gasteiger partial charge in [-0.1, -0.05) is 81.7 Å². The van der Waals surface area contributed by atoms with Crippen molar-refractivity contribution in [2.24, 2.45) is 17.3 Å². The van der Waals surface area contributed by atoms with Gasteiger partial charge in [0.25, 0.3) is 0 Å². The lowest BCUT2D eigenvalue weighted by molar-refractivity contribution is -0.0911. The van der Waals surface area contributed by atoms with E-state index in [0.29, 0.717) is 24.4 Å². The number of hydrogen-bond donors (Lipinski definition) is 1. The molecule has 0 bridgehead atoms. The first-order valence-corrected chi connectivity index (χ1v) is 12.8. The molecule has 170 valence electrons. The average Bonchev–Trinajstić information content (AvgIpc) is 3.09. The number of allylic oxidation sites excluding steroid dienone is 1. The molecule has 0 radical (unpaired) electrons. The standard InChI is InChI=1S/C30H38O2/c1-3-4-8-17-30(31)19-16-28-27-13-11-23-20-24(32-21-22-9-6-5-7-10-22)12-14-25(23)26(27)15-18-29(28,30)2/h5-7,9-10,12,14,16,19-20,26-28,31H,3-4,8,11,13,15,17-18,21H2,1-2H3/t26-,27-,28+,29+,30+/m1/s1. The Morgan fingerprint density at radius 1 is 1.06 bits per heavy atom. The first-order chi connectivity index (χ1) is 15.5. The van der Waals surface area contributed by atoms with Gasteiger partial charge in [-0.2, -0.15) is 0 Å². The highest BCUT2D eigenvalue weighted by atomic mass is 16.5. The van der Waals surface area contributed by atoms with E-state index in [1.54, 1.807) is 0 Å². The number of benzene rings is 2. The summed E-state index contributed by atoms with van der Waals surface area (Å²) in [6.45, 7) is 5.23.